The van der Waals surface area contributed by atoms with Crippen LogP contribution >= 0.6 is 24.0 Å². The van der Waals surface area contributed by atoms with Crippen molar-refractivity contribution in [3.8, 4) is 0 Å². The van der Waals surface area contributed by atoms with Gasteiger partial charge in [0.1, 0.15) is 5.82 Å². The molecule has 1 aliphatic heterocycles. The van der Waals surface area contributed by atoms with Crippen molar-refractivity contribution in [3.63, 3.8) is 0 Å². The maximum absolute atomic E-state index is 13.0. The normalized spacial score (nSPS) is 15.6. The highest BCUT2D eigenvalue weighted by molar-refractivity contribution is 8.27. The van der Waals surface area contributed by atoms with Gasteiger partial charge in [-0.3, -0.25) is 14.5 Å². The van der Waals surface area contributed by atoms with Crippen LogP contribution in [0, 0.1) is 0 Å². The Bertz CT molecular complexity index is 1150. The number of para-hydroxylation sites is 2. The molecule has 6 nitrogen and oxygen atoms in total. The third-order valence-corrected chi connectivity index (χ3v) is 5.62. The quantitative estimate of drug-likeness (QED) is 0.525. The Labute approximate surface area is 171 Å². The third-order valence-electron chi connectivity index (χ3n) is 4.32. The summed E-state index contributed by atoms with van der Waals surface area (Å²) in [4.78, 5) is 30.7. The SMILES string of the molecule is CC(=O)Nc1ccc(N2C(=O)C(=Cc3nc4ccccc4n3C)SC2=S)cc1. The van der Waals surface area contributed by atoms with Gasteiger partial charge in [-0.2, -0.15) is 0 Å². The molecule has 8 heteroatoms. The first-order valence-electron chi connectivity index (χ1n) is 8.51. The van der Waals surface area contributed by atoms with Gasteiger partial charge in [-0.25, -0.2) is 4.98 Å². The summed E-state index contributed by atoms with van der Waals surface area (Å²) in [6, 6.07) is 14.8. The first kappa shape index (κ1) is 18.4. The van der Waals surface area contributed by atoms with Gasteiger partial charge in [0.05, 0.1) is 21.6 Å². The highest BCUT2D eigenvalue weighted by Gasteiger charge is 2.33. The van der Waals surface area contributed by atoms with Gasteiger partial charge in [0.2, 0.25) is 5.91 Å². The predicted molar refractivity (Wildman–Crippen MR) is 117 cm³/mol. The Morgan fingerprint density at radius 1 is 1.18 bits per heavy atom. The smallest absolute Gasteiger partial charge is 0.270 e. The monoisotopic (exact) mass is 408 g/mol. The summed E-state index contributed by atoms with van der Waals surface area (Å²) in [5.41, 5.74) is 3.19. The second-order valence-corrected chi connectivity index (χ2v) is 7.94. The van der Waals surface area contributed by atoms with E-state index < -0.39 is 0 Å². The maximum Gasteiger partial charge on any atom is 0.270 e. The van der Waals surface area contributed by atoms with Crippen molar-refractivity contribution in [2.75, 3.05) is 10.2 Å². The van der Waals surface area contributed by atoms with E-state index in [1.54, 1.807) is 30.3 Å². The number of fused-ring (bicyclic) bond motifs is 1. The van der Waals surface area contributed by atoms with E-state index in [0.717, 1.165) is 11.0 Å². The number of hydrogen-bond acceptors (Lipinski definition) is 5. The molecule has 2 amide bonds. The molecule has 0 bridgehead atoms. The number of nitrogens with one attached hydrogen (secondary N) is 1. The minimum absolute atomic E-state index is 0.149. The summed E-state index contributed by atoms with van der Waals surface area (Å²) in [6.07, 6.45) is 1.77. The first-order chi connectivity index (χ1) is 13.4. The number of benzene rings is 2. The molecule has 1 N–H and O–H groups in total. The minimum Gasteiger partial charge on any atom is -0.328 e. The molecule has 28 heavy (non-hydrogen) atoms. The van der Waals surface area contributed by atoms with E-state index in [9.17, 15) is 9.59 Å². The van der Waals surface area contributed by atoms with Crippen LogP contribution in [0.5, 0.6) is 0 Å². The Morgan fingerprint density at radius 3 is 2.57 bits per heavy atom. The summed E-state index contributed by atoms with van der Waals surface area (Å²) < 4.78 is 2.41. The largest absolute Gasteiger partial charge is 0.328 e. The lowest BCUT2D eigenvalue weighted by molar-refractivity contribution is -0.114. The molecule has 3 aromatic rings. The molecule has 1 aliphatic rings. The molecule has 140 valence electrons. The minimum atomic E-state index is -0.186. The molecule has 0 aliphatic carbocycles. The van der Waals surface area contributed by atoms with E-state index in [2.05, 4.69) is 10.3 Å². The van der Waals surface area contributed by atoms with Crippen molar-refractivity contribution in [1.82, 2.24) is 9.55 Å². The molecular weight excluding hydrogens is 392 g/mol. The van der Waals surface area contributed by atoms with Crippen LogP contribution in [0.3, 0.4) is 0 Å². The zero-order valence-electron chi connectivity index (χ0n) is 15.2. The van der Waals surface area contributed by atoms with Crippen molar-refractivity contribution in [2.45, 2.75) is 6.92 Å². The second-order valence-electron chi connectivity index (χ2n) is 6.26. The number of thiocarbonyl (C=S) groups is 1. The fourth-order valence-electron chi connectivity index (χ4n) is 3.00. The Hall–Kier alpha value is -2.97. The van der Waals surface area contributed by atoms with Crippen LogP contribution in [0.2, 0.25) is 0 Å². The Balaban J connectivity index is 1.64. The highest BCUT2D eigenvalue weighted by atomic mass is 32.2. The van der Waals surface area contributed by atoms with Gasteiger partial charge in [0, 0.05) is 25.7 Å². The van der Waals surface area contributed by atoms with Crippen LogP contribution in [-0.4, -0.2) is 25.7 Å². The van der Waals surface area contributed by atoms with Crippen molar-refractivity contribution < 1.29 is 9.59 Å². The van der Waals surface area contributed by atoms with E-state index in [4.69, 9.17) is 12.2 Å². The summed E-state index contributed by atoms with van der Waals surface area (Å²) in [5.74, 6) is 0.362. The average molecular weight is 409 g/mol. The molecule has 2 heterocycles. The number of carbonyl (C=O) groups is 2. The summed E-state index contributed by atoms with van der Waals surface area (Å²) in [7, 11) is 1.92. The van der Waals surface area contributed by atoms with Gasteiger partial charge in [-0.1, -0.05) is 36.1 Å². The molecule has 0 radical (unpaired) electrons. The third kappa shape index (κ3) is 3.32. The lowest BCUT2D eigenvalue weighted by Gasteiger charge is -2.15. The zero-order chi connectivity index (χ0) is 19.8. The topological polar surface area (TPSA) is 67.2 Å². The van der Waals surface area contributed by atoms with Gasteiger partial charge in [0.15, 0.2) is 4.32 Å². The van der Waals surface area contributed by atoms with Gasteiger partial charge in [0.25, 0.3) is 5.91 Å². The fraction of sp³-hybridized carbons (Fsp3) is 0.100. The van der Waals surface area contributed by atoms with E-state index in [0.29, 0.717) is 26.4 Å². The lowest BCUT2D eigenvalue weighted by Crippen LogP contribution is -2.27. The summed E-state index contributed by atoms with van der Waals surface area (Å²) >= 11 is 6.67. The van der Waals surface area contributed by atoms with Gasteiger partial charge in [-0.05, 0) is 36.4 Å². The van der Waals surface area contributed by atoms with E-state index in [1.807, 2.05) is 35.9 Å². The molecule has 0 saturated carbocycles. The number of anilines is 2. The maximum atomic E-state index is 13.0. The highest BCUT2D eigenvalue weighted by Crippen LogP contribution is 2.36. The lowest BCUT2D eigenvalue weighted by atomic mass is 10.2. The summed E-state index contributed by atoms with van der Waals surface area (Å²) in [5, 5.41) is 2.70. The molecule has 4 rings (SSSR count). The van der Waals surface area contributed by atoms with Crippen molar-refractivity contribution in [3.05, 3.63) is 59.3 Å². The van der Waals surface area contributed by atoms with Crippen LogP contribution in [-0.2, 0) is 16.6 Å². The number of imidazole rings is 1. The molecule has 0 atom stereocenters. The first-order valence-corrected chi connectivity index (χ1v) is 9.73. The van der Waals surface area contributed by atoms with E-state index >= 15 is 0 Å². The number of hydrogen-bond donors (Lipinski definition) is 1. The van der Waals surface area contributed by atoms with Gasteiger partial charge in [-0.15, -0.1) is 0 Å². The van der Waals surface area contributed by atoms with Crippen LogP contribution in [0.1, 0.15) is 12.7 Å². The summed E-state index contributed by atoms with van der Waals surface area (Å²) in [6.45, 7) is 1.45. The molecule has 1 aromatic heterocycles. The van der Waals surface area contributed by atoms with Gasteiger partial charge >= 0.3 is 0 Å². The Kier molecular flexibility index (Phi) is 4.74. The molecule has 0 spiro atoms. The number of carbonyl (C=O) groups excluding carboxylic acids is 2. The number of rotatable bonds is 3. The number of aromatic nitrogens is 2. The number of thioether (sulfide) groups is 1. The number of nitrogens with zero attached hydrogens (tertiary/aromatic N) is 3. The van der Waals surface area contributed by atoms with Crippen molar-refractivity contribution in [2.24, 2.45) is 7.05 Å². The Morgan fingerprint density at radius 2 is 1.89 bits per heavy atom. The molecule has 0 unspecified atom stereocenters. The number of amides is 2. The van der Waals surface area contributed by atoms with Crippen LogP contribution in [0.25, 0.3) is 17.1 Å². The van der Waals surface area contributed by atoms with E-state index in [-0.39, 0.29) is 11.8 Å². The molecule has 2 aromatic carbocycles. The van der Waals surface area contributed by atoms with Crippen LogP contribution in [0.4, 0.5) is 11.4 Å². The second kappa shape index (κ2) is 7.21. The van der Waals surface area contributed by atoms with E-state index in [1.165, 1.54) is 23.6 Å². The molecule has 1 saturated heterocycles. The predicted octanol–water partition coefficient (Wildman–Crippen LogP) is 3.94. The fourth-order valence-corrected chi connectivity index (χ4v) is 4.27. The van der Waals surface area contributed by atoms with Crippen LogP contribution in [0.15, 0.2) is 53.4 Å². The zero-order valence-corrected chi connectivity index (χ0v) is 16.8. The van der Waals surface area contributed by atoms with Crippen molar-refractivity contribution in [1.29, 1.82) is 0 Å². The molecular formula is C20H16N4O2S2. The van der Waals surface area contributed by atoms with Crippen molar-refractivity contribution >= 4 is 68.6 Å². The standard InChI is InChI=1S/C20H16N4O2S2/c1-12(25)21-13-7-9-14(10-8-13)24-19(26)17(28-20(24)27)11-18-22-15-5-3-4-6-16(15)23(18)2/h3-11H,1-2H3,(H,21,25). The van der Waals surface area contributed by atoms with Crippen LogP contribution < -0.4 is 10.2 Å². The average Bonchev–Trinajstić information content (AvgIpc) is 3.12. The molecule has 1 fully saturated rings. The van der Waals surface area contributed by atoms with Gasteiger partial charge < -0.3 is 9.88 Å². The number of aryl methyl sites for hydroxylation is 1.